The van der Waals surface area contributed by atoms with Crippen LogP contribution in [-0.4, -0.2) is 21.3 Å². The molecule has 27 heavy (non-hydrogen) atoms. The second-order valence-corrected chi connectivity index (χ2v) is 5.74. The van der Waals surface area contributed by atoms with Crippen molar-refractivity contribution in [2.45, 2.75) is 6.18 Å². The summed E-state index contributed by atoms with van der Waals surface area (Å²) in [4.78, 5) is 45.7. The Morgan fingerprint density at radius 3 is 2.33 bits per heavy atom. The van der Waals surface area contributed by atoms with Gasteiger partial charge in [-0.15, -0.1) is 0 Å². The van der Waals surface area contributed by atoms with E-state index in [1.54, 1.807) is 0 Å². The third-order valence-corrected chi connectivity index (χ3v) is 4.14. The molecule has 3 rings (SSSR count). The van der Waals surface area contributed by atoms with Gasteiger partial charge in [0.15, 0.2) is 0 Å². The molecule has 2 aromatic rings. The van der Waals surface area contributed by atoms with Crippen LogP contribution < -0.4 is 16.6 Å². The van der Waals surface area contributed by atoms with Crippen molar-refractivity contribution in [3.05, 3.63) is 60.4 Å². The van der Waals surface area contributed by atoms with Crippen molar-refractivity contribution < 1.29 is 27.7 Å². The van der Waals surface area contributed by atoms with Gasteiger partial charge in [0.25, 0.3) is 23.1 Å². The lowest BCUT2D eigenvalue weighted by molar-refractivity contribution is -0.384. The molecular weight excluding hydrogens is 397 g/mol. The third-order valence-electron chi connectivity index (χ3n) is 3.75. The van der Waals surface area contributed by atoms with Gasteiger partial charge in [-0.1, -0.05) is 11.6 Å². The second kappa shape index (κ2) is 5.81. The lowest BCUT2D eigenvalue weighted by Crippen LogP contribution is -2.25. The van der Waals surface area contributed by atoms with Crippen LogP contribution in [0.3, 0.4) is 0 Å². The van der Waals surface area contributed by atoms with Crippen molar-refractivity contribution in [1.29, 1.82) is 0 Å². The molecule has 0 bridgehead atoms. The largest absolute Gasteiger partial charge is 0.416 e. The number of nitrogens with zero attached hydrogens (tertiary/aromatic N) is 2. The van der Waals surface area contributed by atoms with Crippen molar-refractivity contribution in [3.8, 4) is 5.69 Å². The minimum absolute atomic E-state index is 0.205. The van der Waals surface area contributed by atoms with Gasteiger partial charge in [-0.3, -0.25) is 34.4 Å². The highest BCUT2D eigenvalue weighted by molar-refractivity contribution is 6.34. The first kappa shape index (κ1) is 18.4. The topological polar surface area (TPSA) is 137 Å². The molecule has 1 aromatic carbocycles. The van der Waals surface area contributed by atoms with Gasteiger partial charge in [-0.05, 0) is 6.07 Å². The number of nitro groups is 1. The molecule has 0 unspecified atom stereocenters. The fourth-order valence-corrected chi connectivity index (χ4v) is 2.84. The first-order chi connectivity index (χ1) is 12.4. The van der Waals surface area contributed by atoms with E-state index < -0.39 is 61.8 Å². The number of hydrogen-bond donors (Lipinski definition) is 2. The average Bonchev–Trinajstić information content (AvgIpc) is 2.81. The minimum atomic E-state index is -4.99. The van der Waals surface area contributed by atoms with Gasteiger partial charge in [-0.25, -0.2) is 0 Å². The van der Waals surface area contributed by atoms with Crippen molar-refractivity contribution in [3.63, 3.8) is 0 Å². The zero-order valence-electron chi connectivity index (χ0n) is 12.8. The summed E-state index contributed by atoms with van der Waals surface area (Å²) in [5, 5.41) is 12.1. The number of pyridine rings is 1. The van der Waals surface area contributed by atoms with Gasteiger partial charge in [0.05, 0.1) is 27.3 Å². The van der Waals surface area contributed by atoms with E-state index in [-0.39, 0.29) is 11.6 Å². The number of nitro benzene ring substituents is 1. The number of rotatable bonds is 2. The van der Waals surface area contributed by atoms with Crippen LogP contribution in [0.5, 0.6) is 0 Å². The molecule has 0 aliphatic carbocycles. The summed E-state index contributed by atoms with van der Waals surface area (Å²) in [5.41, 5.74) is 0.468. The number of hydrogen-bond acceptors (Lipinski definition) is 6. The summed E-state index contributed by atoms with van der Waals surface area (Å²) in [6, 6.07) is 1.26. The van der Waals surface area contributed by atoms with Crippen molar-refractivity contribution in [1.82, 2.24) is 9.88 Å². The van der Waals surface area contributed by atoms with E-state index in [2.05, 4.69) is 0 Å². The molecule has 1 aliphatic heterocycles. The molecule has 0 fully saturated rings. The number of nitrogens with two attached hydrogens (primary N) is 1. The van der Waals surface area contributed by atoms with Gasteiger partial charge >= 0.3 is 6.18 Å². The molecule has 0 saturated carbocycles. The number of aromatic nitrogens is 1. The van der Waals surface area contributed by atoms with Gasteiger partial charge in [0.2, 0.25) is 0 Å². The lowest BCUT2D eigenvalue weighted by Gasteiger charge is -2.15. The predicted octanol–water partition coefficient (Wildman–Crippen LogP) is 1.88. The summed E-state index contributed by atoms with van der Waals surface area (Å²) in [6.45, 7) is 0. The molecule has 1 aromatic heterocycles. The molecule has 13 heteroatoms. The Balaban J connectivity index is 2.42. The van der Waals surface area contributed by atoms with Crippen LogP contribution in [-0.2, 0) is 6.18 Å². The number of halogens is 4. The van der Waals surface area contributed by atoms with Gasteiger partial charge in [-0.2, -0.15) is 13.2 Å². The molecular formula is C14H6ClF3N4O5. The number of carbonyl (C=O) groups excluding carboxylic acids is 2. The molecule has 140 valence electrons. The molecule has 9 nitrogen and oxygen atoms in total. The van der Waals surface area contributed by atoms with E-state index in [1.807, 2.05) is 5.32 Å². The van der Waals surface area contributed by atoms with Crippen LogP contribution >= 0.6 is 11.6 Å². The average molecular weight is 403 g/mol. The smallest absolute Gasteiger partial charge is 0.384 e. The Kier molecular flexibility index (Phi) is 3.95. The van der Waals surface area contributed by atoms with Crippen molar-refractivity contribution in [2.75, 3.05) is 5.73 Å². The second-order valence-electron chi connectivity index (χ2n) is 5.36. The van der Waals surface area contributed by atoms with E-state index in [4.69, 9.17) is 17.3 Å². The number of nitrogen functional groups attached to an aromatic ring is 1. The van der Waals surface area contributed by atoms with Gasteiger partial charge < -0.3 is 5.73 Å². The summed E-state index contributed by atoms with van der Waals surface area (Å²) in [6.07, 6.45) is -4.99. The van der Waals surface area contributed by atoms with E-state index in [1.165, 1.54) is 0 Å². The molecule has 2 amide bonds. The first-order valence-corrected chi connectivity index (χ1v) is 7.28. The Hall–Kier alpha value is -3.41. The predicted molar refractivity (Wildman–Crippen MR) is 84.9 cm³/mol. The number of fused-ring (bicyclic) bond motifs is 1. The molecule has 0 spiro atoms. The third kappa shape index (κ3) is 2.79. The number of nitrogens with one attached hydrogen (secondary N) is 1. The Morgan fingerprint density at radius 1 is 1.15 bits per heavy atom. The van der Waals surface area contributed by atoms with E-state index >= 15 is 0 Å². The quantitative estimate of drug-likeness (QED) is 0.447. The number of carbonyl (C=O) groups is 2. The van der Waals surface area contributed by atoms with Gasteiger partial charge in [0.1, 0.15) is 10.8 Å². The Bertz CT molecular complexity index is 1110. The zero-order valence-corrected chi connectivity index (χ0v) is 13.5. The monoisotopic (exact) mass is 402 g/mol. The number of amides is 2. The van der Waals surface area contributed by atoms with Crippen molar-refractivity contribution >= 4 is 34.9 Å². The highest BCUT2D eigenvalue weighted by Crippen LogP contribution is 2.39. The zero-order chi connectivity index (χ0) is 20.3. The number of benzene rings is 1. The summed E-state index contributed by atoms with van der Waals surface area (Å²) >= 11 is 5.83. The maximum absolute atomic E-state index is 13.1. The number of alkyl halides is 3. The molecule has 0 atom stereocenters. The normalized spacial score (nSPS) is 13.5. The fraction of sp³-hybridized carbons (Fsp3) is 0.0714. The van der Waals surface area contributed by atoms with Crippen molar-refractivity contribution in [2.24, 2.45) is 0 Å². The minimum Gasteiger partial charge on any atom is -0.384 e. The van der Waals surface area contributed by atoms with Crippen LogP contribution in [0.4, 0.5) is 24.7 Å². The number of anilines is 1. The maximum Gasteiger partial charge on any atom is 0.416 e. The Labute approximate surface area is 151 Å². The molecule has 1 aliphatic rings. The number of imide groups is 1. The van der Waals surface area contributed by atoms with E-state index in [0.29, 0.717) is 16.7 Å². The molecule has 0 radical (unpaired) electrons. The van der Waals surface area contributed by atoms with E-state index in [9.17, 15) is 37.7 Å². The standard InChI is InChI=1S/C14H6ClF3N4O5/c15-10-6(1-4(14(16,17)18)2-7(10)22(26)27)21-8(23)3-5-9(11(21)19)13(25)20-12(5)24/h1-3H,19H2,(H,20,24,25). The highest BCUT2D eigenvalue weighted by atomic mass is 35.5. The lowest BCUT2D eigenvalue weighted by atomic mass is 10.1. The molecule has 2 heterocycles. The fourth-order valence-electron chi connectivity index (χ4n) is 2.58. The first-order valence-electron chi connectivity index (χ1n) is 6.90. The highest BCUT2D eigenvalue weighted by Gasteiger charge is 2.37. The SMILES string of the molecule is Nc1c2c(cc(=O)n1-c1cc(C(F)(F)F)cc([N+](=O)[O-])c1Cl)C(=O)NC2=O. The van der Waals surface area contributed by atoms with Gasteiger partial charge in [0, 0.05) is 12.1 Å². The maximum atomic E-state index is 13.1. The van der Waals surface area contributed by atoms with Crippen LogP contribution in [0.2, 0.25) is 5.02 Å². The van der Waals surface area contributed by atoms with Crippen LogP contribution in [0.1, 0.15) is 26.3 Å². The molecule has 3 N–H and O–H groups in total. The molecule has 0 saturated heterocycles. The Morgan fingerprint density at radius 2 is 1.78 bits per heavy atom. The van der Waals surface area contributed by atoms with Crippen LogP contribution in [0.25, 0.3) is 5.69 Å². The summed E-state index contributed by atoms with van der Waals surface area (Å²) < 4.78 is 39.7. The van der Waals surface area contributed by atoms with Crippen LogP contribution in [0, 0.1) is 10.1 Å². The summed E-state index contributed by atoms with van der Waals surface area (Å²) in [7, 11) is 0. The summed E-state index contributed by atoms with van der Waals surface area (Å²) in [5.74, 6) is -2.57. The van der Waals surface area contributed by atoms with E-state index in [0.717, 1.165) is 0 Å². The van der Waals surface area contributed by atoms with Crippen LogP contribution in [0.15, 0.2) is 23.0 Å².